The van der Waals surface area contributed by atoms with E-state index in [0.29, 0.717) is 39.1 Å². The van der Waals surface area contributed by atoms with Crippen molar-refractivity contribution in [3.8, 4) is 0 Å². The first-order valence-corrected chi connectivity index (χ1v) is 13.1. The maximum atomic E-state index is 13.6. The number of fused-ring (bicyclic) bond motifs is 1. The third-order valence-electron chi connectivity index (χ3n) is 6.41. The van der Waals surface area contributed by atoms with Crippen molar-refractivity contribution in [3.63, 3.8) is 0 Å². The van der Waals surface area contributed by atoms with Gasteiger partial charge in [-0.25, -0.2) is 9.78 Å². The Morgan fingerprint density at radius 2 is 2.03 bits per heavy atom. The van der Waals surface area contributed by atoms with Crippen LogP contribution < -0.4 is 0 Å². The van der Waals surface area contributed by atoms with Gasteiger partial charge in [-0.15, -0.1) is 0 Å². The summed E-state index contributed by atoms with van der Waals surface area (Å²) in [5.74, 6) is -0.312. The monoisotopic (exact) mass is 514 g/mol. The highest BCUT2D eigenvalue weighted by atomic mass is 16.6. The zero-order chi connectivity index (χ0) is 26.6. The van der Waals surface area contributed by atoms with Crippen molar-refractivity contribution in [2.24, 2.45) is 0 Å². The predicted octanol–water partition coefficient (Wildman–Crippen LogP) is 3.51. The first-order chi connectivity index (χ1) is 17.7. The van der Waals surface area contributed by atoms with Gasteiger partial charge in [-0.3, -0.25) is 9.59 Å². The standard InChI is InChI=1S/C27H38N4O6/c1-5-35-23(32)9-7-13-29-16-19(21-8-6-12-28-24(21)29)17-31(20-10-11-20)25(33)22-18-30(14-15-36-22)26(34)37-27(2,3)4/h6,8,12,16,20,22H,5,7,9-11,13-15,17-18H2,1-4H3. The van der Waals surface area contributed by atoms with Crippen LogP contribution in [0.4, 0.5) is 4.79 Å². The predicted molar refractivity (Wildman–Crippen MR) is 137 cm³/mol. The molecule has 37 heavy (non-hydrogen) atoms. The fourth-order valence-corrected chi connectivity index (χ4v) is 4.55. The lowest BCUT2D eigenvalue weighted by Gasteiger charge is -2.35. The quantitative estimate of drug-likeness (QED) is 0.472. The Bertz CT molecular complexity index is 1120. The Balaban J connectivity index is 1.47. The lowest BCUT2D eigenvalue weighted by molar-refractivity contribution is -0.150. The number of carbonyl (C=O) groups is 3. The first-order valence-electron chi connectivity index (χ1n) is 13.1. The minimum absolute atomic E-state index is 0.108. The van der Waals surface area contributed by atoms with Crippen LogP contribution in [0.15, 0.2) is 24.5 Å². The fourth-order valence-electron chi connectivity index (χ4n) is 4.55. The van der Waals surface area contributed by atoms with Crippen LogP contribution in [0.1, 0.15) is 58.9 Å². The Morgan fingerprint density at radius 1 is 1.24 bits per heavy atom. The van der Waals surface area contributed by atoms with E-state index in [4.69, 9.17) is 14.2 Å². The van der Waals surface area contributed by atoms with Gasteiger partial charge in [0.05, 0.1) is 19.8 Å². The van der Waals surface area contributed by atoms with Crippen LogP contribution in [0.2, 0.25) is 0 Å². The van der Waals surface area contributed by atoms with Gasteiger partial charge in [0.15, 0.2) is 6.10 Å². The molecule has 2 aromatic heterocycles. The van der Waals surface area contributed by atoms with Gasteiger partial charge in [-0.2, -0.15) is 0 Å². The highest BCUT2D eigenvalue weighted by Crippen LogP contribution is 2.32. The summed E-state index contributed by atoms with van der Waals surface area (Å²) in [6.45, 7) is 9.57. The molecule has 2 aromatic rings. The molecular formula is C27H38N4O6. The van der Waals surface area contributed by atoms with Crippen LogP contribution in [0.3, 0.4) is 0 Å². The molecule has 10 nitrogen and oxygen atoms in total. The van der Waals surface area contributed by atoms with Crippen molar-refractivity contribution < 1.29 is 28.6 Å². The van der Waals surface area contributed by atoms with E-state index in [1.54, 1.807) is 18.0 Å². The molecule has 0 radical (unpaired) electrons. The molecule has 10 heteroatoms. The Hall–Kier alpha value is -3.14. The highest BCUT2D eigenvalue weighted by Gasteiger charge is 2.39. The second kappa shape index (κ2) is 11.5. The summed E-state index contributed by atoms with van der Waals surface area (Å²) >= 11 is 0. The van der Waals surface area contributed by atoms with Gasteiger partial charge in [0.1, 0.15) is 11.2 Å². The Kier molecular flexibility index (Phi) is 8.36. The topological polar surface area (TPSA) is 103 Å². The summed E-state index contributed by atoms with van der Waals surface area (Å²) in [5, 5.41) is 0.983. The maximum Gasteiger partial charge on any atom is 0.410 e. The van der Waals surface area contributed by atoms with Gasteiger partial charge < -0.3 is 28.6 Å². The third kappa shape index (κ3) is 7.00. The Morgan fingerprint density at radius 3 is 2.73 bits per heavy atom. The van der Waals surface area contributed by atoms with E-state index in [9.17, 15) is 14.4 Å². The number of hydrogen-bond acceptors (Lipinski definition) is 7. The number of nitrogens with zero attached hydrogens (tertiary/aromatic N) is 4. The molecule has 2 fully saturated rings. The number of amides is 2. The number of ether oxygens (including phenoxy) is 3. The summed E-state index contributed by atoms with van der Waals surface area (Å²) in [4.78, 5) is 46.0. The molecular weight excluding hydrogens is 476 g/mol. The summed E-state index contributed by atoms with van der Waals surface area (Å²) in [5.41, 5.74) is 1.22. The number of rotatable bonds is 9. The maximum absolute atomic E-state index is 13.6. The molecule has 2 amide bonds. The molecule has 0 N–H and O–H groups in total. The molecule has 1 aliphatic heterocycles. The molecule has 4 rings (SSSR count). The number of hydrogen-bond donors (Lipinski definition) is 0. The molecule has 0 spiro atoms. The lowest BCUT2D eigenvalue weighted by atomic mass is 10.1. The Labute approximate surface area is 217 Å². The summed E-state index contributed by atoms with van der Waals surface area (Å²) < 4.78 is 18.4. The average Bonchev–Trinajstić information content (AvgIpc) is 3.64. The molecule has 1 atom stereocenters. The van der Waals surface area contributed by atoms with E-state index in [0.717, 1.165) is 29.4 Å². The molecule has 0 aromatic carbocycles. The van der Waals surface area contributed by atoms with Crippen molar-refractivity contribution in [2.45, 2.75) is 84.2 Å². The zero-order valence-corrected chi connectivity index (χ0v) is 22.3. The van der Waals surface area contributed by atoms with Crippen molar-refractivity contribution in [2.75, 3.05) is 26.3 Å². The number of aromatic nitrogens is 2. The number of esters is 1. The van der Waals surface area contributed by atoms with Gasteiger partial charge in [-0.05, 0) is 64.7 Å². The van der Waals surface area contributed by atoms with E-state index in [2.05, 4.69) is 4.98 Å². The second-order valence-corrected chi connectivity index (χ2v) is 10.6. The van der Waals surface area contributed by atoms with E-state index in [1.807, 2.05) is 48.6 Å². The number of morpholine rings is 1. The number of carbonyl (C=O) groups excluding carboxylic acids is 3. The van der Waals surface area contributed by atoms with E-state index in [1.165, 1.54) is 0 Å². The summed E-state index contributed by atoms with van der Waals surface area (Å²) in [7, 11) is 0. The summed E-state index contributed by atoms with van der Waals surface area (Å²) in [6, 6.07) is 4.06. The molecule has 1 saturated carbocycles. The van der Waals surface area contributed by atoms with Crippen molar-refractivity contribution >= 4 is 29.0 Å². The number of pyridine rings is 1. The van der Waals surface area contributed by atoms with Gasteiger partial charge in [0, 0.05) is 49.9 Å². The largest absolute Gasteiger partial charge is 0.466 e. The summed E-state index contributed by atoms with van der Waals surface area (Å²) in [6.07, 6.45) is 5.51. The third-order valence-corrected chi connectivity index (χ3v) is 6.41. The smallest absolute Gasteiger partial charge is 0.410 e. The minimum Gasteiger partial charge on any atom is -0.466 e. The molecule has 1 saturated heterocycles. The SMILES string of the molecule is CCOC(=O)CCCn1cc(CN(C(=O)C2CN(C(=O)OC(C)(C)C)CCO2)C2CC2)c2cccnc21. The minimum atomic E-state index is -0.724. The highest BCUT2D eigenvalue weighted by molar-refractivity contribution is 5.85. The average molecular weight is 515 g/mol. The second-order valence-electron chi connectivity index (χ2n) is 10.6. The van der Waals surface area contributed by atoms with Crippen LogP contribution >= 0.6 is 0 Å². The van der Waals surface area contributed by atoms with Crippen LogP contribution in [0.25, 0.3) is 11.0 Å². The normalized spacial score (nSPS) is 18.1. The van der Waals surface area contributed by atoms with Crippen LogP contribution in [0.5, 0.6) is 0 Å². The fraction of sp³-hybridized carbons (Fsp3) is 0.630. The molecule has 1 unspecified atom stereocenters. The van der Waals surface area contributed by atoms with Gasteiger partial charge in [0.2, 0.25) is 0 Å². The van der Waals surface area contributed by atoms with Crippen LogP contribution in [0, 0.1) is 0 Å². The van der Waals surface area contributed by atoms with E-state index in [-0.39, 0.29) is 31.1 Å². The molecule has 0 bridgehead atoms. The molecule has 1 aliphatic carbocycles. The first kappa shape index (κ1) is 26.9. The van der Waals surface area contributed by atoms with E-state index >= 15 is 0 Å². The van der Waals surface area contributed by atoms with Crippen molar-refractivity contribution in [1.29, 1.82) is 0 Å². The molecule has 2 aliphatic rings. The molecule has 202 valence electrons. The van der Waals surface area contributed by atoms with Crippen molar-refractivity contribution in [1.82, 2.24) is 19.4 Å². The van der Waals surface area contributed by atoms with Crippen molar-refractivity contribution in [3.05, 3.63) is 30.1 Å². The lowest BCUT2D eigenvalue weighted by Crippen LogP contribution is -2.53. The van der Waals surface area contributed by atoms with E-state index < -0.39 is 17.8 Å². The van der Waals surface area contributed by atoms with Crippen LogP contribution in [-0.4, -0.2) is 81.4 Å². The van der Waals surface area contributed by atoms with Gasteiger partial charge >= 0.3 is 12.1 Å². The van der Waals surface area contributed by atoms with Gasteiger partial charge in [0.25, 0.3) is 5.91 Å². The van der Waals surface area contributed by atoms with Gasteiger partial charge in [-0.1, -0.05) is 0 Å². The number of aryl methyl sites for hydroxylation is 1. The van der Waals surface area contributed by atoms with Crippen LogP contribution in [-0.2, 0) is 36.9 Å². The zero-order valence-electron chi connectivity index (χ0n) is 22.3. The molecule has 3 heterocycles.